The van der Waals surface area contributed by atoms with E-state index < -0.39 is 0 Å². The van der Waals surface area contributed by atoms with Gasteiger partial charge in [0.2, 0.25) is 0 Å². The summed E-state index contributed by atoms with van der Waals surface area (Å²) in [6.07, 6.45) is 3.01. The van der Waals surface area contributed by atoms with E-state index in [4.69, 9.17) is 0 Å². The first-order chi connectivity index (χ1) is 4.86. The quantitative estimate of drug-likeness (QED) is 0.704. The Balaban J connectivity index is 2.52. The van der Waals surface area contributed by atoms with Crippen molar-refractivity contribution in [3.05, 3.63) is 21.4 Å². The molecule has 0 bridgehead atoms. The lowest BCUT2D eigenvalue weighted by molar-refractivity contribution is 1.10. The third kappa shape index (κ3) is 0.982. The predicted molar refractivity (Wildman–Crippen MR) is 49.1 cm³/mol. The molecule has 0 aliphatic carbocycles. The lowest BCUT2D eigenvalue weighted by atomic mass is 10.2. The second-order valence-electron chi connectivity index (χ2n) is 2.34. The van der Waals surface area contributed by atoms with E-state index in [9.17, 15) is 0 Å². The molecule has 0 saturated heterocycles. The molecule has 2 rings (SSSR count). The maximum absolute atomic E-state index is 4.24. The molecule has 0 amide bonds. The molecule has 1 aromatic rings. The molecule has 0 radical (unpaired) electrons. The number of aromatic nitrogens is 1. The normalized spacial score (nSPS) is 14.5. The molecule has 2 heterocycles. The minimum absolute atomic E-state index is 1.04. The SMILES string of the molecule is Ic1cnc2c(c1)CCN2. The Labute approximate surface area is 73.2 Å². The van der Waals surface area contributed by atoms with Gasteiger partial charge in [0.05, 0.1) is 0 Å². The highest BCUT2D eigenvalue weighted by Gasteiger charge is 2.09. The molecule has 1 N–H and O–H groups in total. The summed E-state index contributed by atoms with van der Waals surface area (Å²) in [5, 5.41) is 3.21. The van der Waals surface area contributed by atoms with Crippen molar-refractivity contribution in [2.75, 3.05) is 11.9 Å². The molecule has 1 aliphatic rings. The van der Waals surface area contributed by atoms with Crippen LogP contribution in [-0.4, -0.2) is 11.5 Å². The van der Waals surface area contributed by atoms with Crippen molar-refractivity contribution >= 4 is 28.4 Å². The monoisotopic (exact) mass is 246 g/mol. The van der Waals surface area contributed by atoms with Crippen molar-refractivity contribution in [3.63, 3.8) is 0 Å². The number of pyridine rings is 1. The molecule has 0 aromatic carbocycles. The molecule has 1 aromatic heterocycles. The number of hydrogen-bond acceptors (Lipinski definition) is 2. The van der Waals surface area contributed by atoms with Gasteiger partial charge in [-0.3, -0.25) is 0 Å². The van der Waals surface area contributed by atoms with Crippen LogP contribution in [0.25, 0.3) is 0 Å². The van der Waals surface area contributed by atoms with Gasteiger partial charge in [-0.2, -0.15) is 0 Å². The minimum Gasteiger partial charge on any atom is -0.370 e. The van der Waals surface area contributed by atoms with E-state index in [1.807, 2.05) is 6.20 Å². The Morgan fingerprint density at radius 1 is 1.60 bits per heavy atom. The van der Waals surface area contributed by atoms with Crippen LogP contribution in [0, 0.1) is 3.57 Å². The van der Waals surface area contributed by atoms with E-state index in [-0.39, 0.29) is 0 Å². The van der Waals surface area contributed by atoms with Crippen molar-refractivity contribution in [3.8, 4) is 0 Å². The summed E-state index contributed by atoms with van der Waals surface area (Å²) in [5.41, 5.74) is 1.35. The molecular formula is C7H7IN2. The first kappa shape index (κ1) is 6.39. The fourth-order valence-electron chi connectivity index (χ4n) is 1.15. The number of halogens is 1. The van der Waals surface area contributed by atoms with Gasteiger partial charge in [0, 0.05) is 16.3 Å². The lowest BCUT2D eigenvalue weighted by Gasteiger charge is -1.96. The van der Waals surface area contributed by atoms with E-state index in [1.54, 1.807) is 0 Å². The molecule has 3 heteroatoms. The molecule has 10 heavy (non-hydrogen) atoms. The molecule has 0 unspecified atom stereocenters. The second kappa shape index (κ2) is 2.38. The minimum atomic E-state index is 1.04. The number of anilines is 1. The van der Waals surface area contributed by atoms with Crippen LogP contribution < -0.4 is 5.32 Å². The van der Waals surface area contributed by atoms with Gasteiger partial charge in [-0.25, -0.2) is 4.98 Å². The first-order valence-corrected chi connectivity index (χ1v) is 4.32. The van der Waals surface area contributed by atoms with Crippen molar-refractivity contribution in [2.45, 2.75) is 6.42 Å². The van der Waals surface area contributed by atoms with Gasteiger partial charge in [0.15, 0.2) is 0 Å². The summed E-state index contributed by atoms with van der Waals surface area (Å²) in [7, 11) is 0. The molecule has 52 valence electrons. The third-order valence-electron chi connectivity index (χ3n) is 1.62. The summed E-state index contributed by atoms with van der Waals surface area (Å²) >= 11 is 2.28. The molecule has 0 atom stereocenters. The topological polar surface area (TPSA) is 24.9 Å². The maximum atomic E-state index is 4.24. The first-order valence-electron chi connectivity index (χ1n) is 3.24. The summed E-state index contributed by atoms with van der Waals surface area (Å²) in [6, 6.07) is 2.18. The highest BCUT2D eigenvalue weighted by molar-refractivity contribution is 14.1. The number of rotatable bonds is 0. The average Bonchev–Trinajstić information content (AvgIpc) is 2.33. The highest BCUT2D eigenvalue weighted by atomic mass is 127. The standard InChI is InChI=1S/C7H7IN2/c8-6-3-5-1-2-9-7(5)10-4-6/h3-4H,1-2H2,(H,9,10). The summed E-state index contributed by atoms with van der Waals surface area (Å²) in [4.78, 5) is 4.24. The molecule has 1 aliphatic heterocycles. The van der Waals surface area contributed by atoms with Gasteiger partial charge >= 0.3 is 0 Å². The van der Waals surface area contributed by atoms with Crippen molar-refractivity contribution in [1.82, 2.24) is 4.98 Å². The smallest absolute Gasteiger partial charge is 0.129 e. The number of nitrogens with one attached hydrogen (secondary N) is 1. The Morgan fingerprint density at radius 3 is 3.40 bits per heavy atom. The molecule has 2 nitrogen and oxygen atoms in total. The fourth-order valence-corrected chi connectivity index (χ4v) is 1.66. The maximum Gasteiger partial charge on any atom is 0.129 e. The van der Waals surface area contributed by atoms with E-state index in [2.05, 4.69) is 39.0 Å². The van der Waals surface area contributed by atoms with E-state index >= 15 is 0 Å². The molecule has 0 saturated carbocycles. The van der Waals surface area contributed by atoms with Crippen molar-refractivity contribution in [2.24, 2.45) is 0 Å². The van der Waals surface area contributed by atoms with Crippen LogP contribution in [0.15, 0.2) is 12.3 Å². The highest BCUT2D eigenvalue weighted by Crippen LogP contribution is 2.20. The Bertz CT molecular complexity index is 260. The van der Waals surface area contributed by atoms with Crippen LogP contribution in [0.2, 0.25) is 0 Å². The van der Waals surface area contributed by atoms with Gasteiger partial charge in [-0.15, -0.1) is 0 Å². The van der Waals surface area contributed by atoms with Crippen molar-refractivity contribution in [1.29, 1.82) is 0 Å². The van der Waals surface area contributed by atoms with Crippen LogP contribution in [0.1, 0.15) is 5.56 Å². The summed E-state index contributed by atoms with van der Waals surface area (Å²) in [5.74, 6) is 1.07. The summed E-state index contributed by atoms with van der Waals surface area (Å²) < 4.78 is 1.22. The lowest BCUT2D eigenvalue weighted by Crippen LogP contribution is -1.92. The van der Waals surface area contributed by atoms with Gasteiger partial charge in [-0.1, -0.05) is 0 Å². The Hall–Kier alpha value is -0.320. The van der Waals surface area contributed by atoms with Crippen LogP contribution in [0.5, 0.6) is 0 Å². The third-order valence-corrected chi connectivity index (χ3v) is 2.21. The Kier molecular flexibility index (Phi) is 1.52. The second-order valence-corrected chi connectivity index (χ2v) is 3.58. The van der Waals surface area contributed by atoms with Crippen LogP contribution in [0.4, 0.5) is 5.82 Å². The van der Waals surface area contributed by atoms with Crippen LogP contribution in [0.3, 0.4) is 0 Å². The van der Waals surface area contributed by atoms with Crippen LogP contribution in [-0.2, 0) is 6.42 Å². The Morgan fingerprint density at radius 2 is 2.50 bits per heavy atom. The van der Waals surface area contributed by atoms with Crippen molar-refractivity contribution < 1.29 is 0 Å². The summed E-state index contributed by atoms with van der Waals surface area (Å²) in [6.45, 7) is 1.04. The van der Waals surface area contributed by atoms with E-state index in [1.165, 1.54) is 9.13 Å². The number of hydrogen-bond donors (Lipinski definition) is 1. The zero-order valence-electron chi connectivity index (χ0n) is 5.39. The zero-order valence-corrected chi connectivity index (χ0v) is 7.55. The number of nitrogens with zero attached hydrogens (tertiary/aromatic N) is 1. The van der Waals surface area contributed by atoms with Gasteiger partial charge < -0.3 is 5.32 Å². The zero-order chi connectivity index (χ0) is 6.97. The average molecular weight is 246 g/mol. The fraction of sp³-hybridized carbons (Fsp3) is 0.286. The van der Waals surface area contributed by atoms with E-state index in [0.717, 1.165) is 18.8 Å². The van der Waals surface area contributed by atoms with Gasteiger partial charge in [-0.05, 0) is 40.6 Å². The molecule has 0 fully saturated rings. The number of fused-ring (bicyclic) bond motifs is 1. The molecule has 0 spiro atoms. The van der Waals surface area contributed by atoms with Crippen LogP contribution >= 0.6 is 22.6 Å². The van der Waals surface area contributed by atoms with Gasteiger partial charge in [0.25, 0.3) is 0 Å². The predicted octanol–water partition coefficient (Wildman–Crippen LogP) is 1.65. The largest absolute Gasteiger partial charge is 0.370 e. The molecular weight excluding hydrogens is 239 g/mol. The van der Waals surface area contributed by atoms with Gasteiger partial charge in [0.1, 0.15) is 5.82 Å². The van der Waals surface area contributed by atoms with E-state index in [0.29, 0.717) is 0 Å².